The second-order valence-corrected chi connectivity index (χ2v) is 7.62. The monoisotopic (exact) mass is 431 g/mol. The molecule has 0 fully saturated rings. The molecular weight excluding hydrogens is 407 g/mol. The van der Waals surface area contributed by atoms with E-state index < -0.39 is 24.7 Å². The van der Waals surface area contributed by atoms with Crippen LogP contribution in [0.15, 0.2) is 48.5 Å². The summed E-state index contributed by atoms with van der Waals surface area (Å²) in [6.07, 6.45) is -4.45. The molecule has 1 heterocycles. The van der Waals surface area contributed by atoms with Crippen LogP contribution >= 0.6 is 0 Å². The maximum atomic E-state index is 13.2. The van der Waals surface area contributed by atoms with Crippen molar-refractivity contribution in [2.75, 3.05) is 13.6 Å². The van der Waals surface area contributed by atoms with Gasteiger partial charge in [-0.15, -0.1) is 0 Å². The highest BCUT2D eigenvalue weighted by atomic mass is 19.4. The SMILES string of the molecule is Cc1[nH]c2ccccc2c1C(=O)C(C)N(C)Cc1ccc(C(=O)NCC(F)(F)F)cc1. The number of alkyl halides is 3. The molecule has 0 aliphatic rings. The molecule has 8 heteroatoms. The molecule has 0 radical (unpaired) electrons. The smallest absolute Gasteiger partial charge is 0.358 e. The van der Waals surface area contributed by atoms with Crippen LogP contribution in [0.5, 0.6) is 0 Å². The maximum absolute atomic E-state index is 13.2. The molecule has 0 spiro atoms. The van der Waals surface area contributed by atoms with Crippen LogP contribution in [-0.2, 0) is 6.54 Å². The van der Waals surface area contributed by atoms with E-state index in [2.05, 4.69) is 4.98 Å². The second-order valence-electron chi connectivity index (χ2n) is 7.62. The molecule has 2 N–H and O–H groups in total. The number of fused-ring (bicyclic) bond motifs is 1. The lowest BCUT2D eigenvalue weighted by Crippen LogP contribution is -2.36. The summed E-state index contributed by atoms with van der Waals surface area (Å²) < 4.78 is 36.7. The van der Waals surface area contributed by atoms with Gasteiger partial charge in [0.05, 0.1) is 6.04 Å². The fourth-order valence-corrected chi connectivity index (χ4v) is 3.47. The van der Waals surface area contributed by atoms with E-state index in [-0.39, 0.29) is 11.3 Å². The van der Waals surface area contributed by atoms with Crippen molar-refractivity contribution in [3.05, 3.63) is 70.9 Å². The molecule has 164 valence electrons. The van der Waals surface area contributed by atoms with Gasteiger partial charge in [0.2, 0.25) is 0 Å². The third-order valence-corrected chi connectivity index (χ3v) is 5.28. The number of aromatic nitrogens is 1. The van der Waals surface area contributed by atoms with Crippen molar-refractivity contribution < 1.29 is 22.8 Å². The molecule has 1 unspecified atom stereocenters. The Kier molecular flexibility index (Phi) is 6.50. The first-order chi connectivity index (χ1) is 14.6. The highest BCUT2D eigenvalue weighted by molar-refractivity contribution is 6.11. The third kappa shape index (κ3) is 5.32. The minimum atomic E-state index is -4.45. The number of benzene rings is 2. The number of rotatable bonds is 7. The molecule has 1 amide bonds. The zero-order valence-electron chi connectivity index (χ0n) is 17.5. The number of aromatic amines is 1. The number of para-hydroxylation sites is 1. The van der Waals surface area contributed by atoms with Gasteiger partial charge in [-0.05, 0) is 44.7 Å². The number of likely N-dealkylation sites (N-methyl/N-ethyl adjacent to an activating group) is 1. The zero-order valence-corrected chi connectivity index (χ0v) is 17.5. The molecule has 0 aliphatic carbocycles. The predicted molar refractivity (Wildman–Crippen MR) is 113 cm³/mol. The third-order valence-electron chi connectivity index (χ3n) is 5.28. The van der Waals surface area contributed by atoms with E-state index in [1.165, 1.54) is 12.1 Å². The fourth-order valence-electron chi connectivity index (χ4n) is 3.47. The van der Waals surface area contributed by atoms with E-state index in [0.29, 0.717) is 12.1 Å². The highest BCUT2D eigenvalue weighted by Crippen LogP contribution is 2.24. The van der Waals surface area contributed by atoms with Crippen LogP contribution in [0.25, 0.3) is 10.9 Å². The molecule has 1 atom stereocenters. The summed E-state index contributed by atoms with van der Waals surface area (Å²) in [5, 5.41) is 2.73. The number of halogens is 3. The van der Waals surface area contributed by atoms with E-state index in [0.717, 1.165) is 22.2 Å². The minimum absolute atomic E-state index is 0.000554. The zero-order chi connectivity index (χ0) is 22.8. The number of Topliss-reactive ketones (excluding diaryl/α,β-unsaturated/α-hetero) is 1. The van der Waals surface area contributed by atoms with Gasteiger partial charge >= 0.3 is 6.18 Å². The number of aryl methyl sites for hydroxylation is 1. The maximum Gasteiger partial charge on any atom is 0.405 e. The number of hydrogen-bond donors (Lipinski definition) is 2. The van der Waals surface area contributed by atoms with Crippen LogP contribution in [-0.4, -0.2) is 47.4 Å². The number of H-pyrrole nitrogens is 1. The quantitative estimate of drug-likeness (QED) is 0.543. The van der Waals surface area contributed by atoms with Gasteiger partial charge in [0.1, 0.15) is 6.54 Å². The van der Waals surface area contributed by atoms with Gasteiger partial charge in [0, 0.05) is 34.3 Å². The van der Waals surface area contributed by atoms with E-state index >= 15 is 0 Å². The van der Waals surface area contributed by atoms with Gasteiger partial charge in [-0.3, -0.25) is 14.5 Å². The van der Waals surface area contributed by atoms with Gasteiger partial charge in [-0.2, -0.15) is 13.2 Å². The Bertz CT molecular complexity index is 1090. The number of hydrogen-bond acceptors (Lipinski definition) is 3. The Labute approximate surface area is 178 Å². The van der Waals surface area contributed by atoms with Gasteiger partial charge in [0.25, 0.3) is 5.91 Å². The second kappa shape index (κ2) is 8.93. The van der Waals surface area contributed by atoms with Gasteiger partial charge < -0.3 is 10.3 Å². The first-order valence-electron chi connectivity index (χ1n) is 9.82. The van der Waals surface area contributed by atoms with Crippen LogP contribution in [0.2, 0.25) is 0 Å². The van der Waals surface area contributed by atoms with E-state index in [1.54, 1.807) is 12.1 Å². The van der Waals surface area contributed by atoms with E-state index in [1.807, 2.05) is 55.4 Å². The van der Waals surface area contributed by atoms with Crippen molar-refractivity contribution in [1.82, 2.24) is 15.2 Å². The first-order valence-corrected chi connectivity index (χ1v) is 9.82. The Morgan fingerprint density at radius 1 is 1.10 bits per heavy atom. The standard InChI is InChI=1S/C23H24F3N3O2/c1-14-20(18-6-4-5-7-19(18)28-14)21(30)15(2)29(3)12-16-8-10-17(11-9-16)22(31)27-13-23(24,25)26/h4-11,15,28H,12-13H2,1-3H3,(H,27,31). The Morgan fingerprint density at radius 2 is 1.74 bits per heavy atom. The van der Waals surface area contributed by atoms with Gasteiger partial charge in [-0.1, -0.05) is 30.3 Å². The summed E-state index contributed by atoms with van der Waals surface area (Å²) in [5.41, 5.74) is 3.39. The highest BCUT2D eigenvalue weighted by Gasteiger charge is 2.28. The molecular formula is C23H24F3N3O2. The lowest BCUT2D eigenvalue weighted by Gasteiger charge is -2.24. The summed E-state index contributed by atoms with van der Waals surface area (Å²) in [6.45, 7) is 2.78. The summed E-state index contributed by atoms with van der Waals surface area (Å²) >= 11 is 0. The molecule has 1 aromatic heterocycles. The van der Waals surface area contributed by atoms with Crippen molar-refractivity contribution in [3.8, 4) is 0 Å². The molecule has 2 aromatic carbocycles. The topological polar surface area (TPSA) is 65.2 Å². The Morgan fingerprint density at radius 3 is 2.39 bits per heavy atom. The van der Waals surface area contributed by atoms with Crippen LogP contribution in [0.1, 0.15) is 38.9 Å². The summed E-state index contributed by atoms with van der Waals surface area (Å²) in [4.78, 5) is 30.1. The Balaban J connectivity index is 1.66. The van der Waals surface area contributed by atoms with Crippen molar-refractivity contribution in [1.29, 1.82) is 0 Å². The minimum Gasteiger partial charge on any atom is -0.358 e. The molecule has 31 heavy (non-hydrogen) atoms. The largest absolute Gasteiger partial charge is 0.405 e. The number of carbonyl (C=O) groups is 2. The summed E-state index contributed by atoms with van der Waals surface area (Å²) in [7, 11) is 1.83. The average molecular weight is 431 g/mol. The molecule has 0 bridgehead atoms. The van der Waals surface area contributed by atoms with Crippen molar-refractivity contribution in [2.45, 2.75) is 32.6 Å². The van der Waals surface area contributed by atoms with Crippen molar-refractivity contribution in [3.63, 3.8) is 0 Å². The number of nitrogens with one attached hydrogen (secondary N) is 2. The lowest BCUT2D eigenvalue weighted by molar-refractivity contribution is -0.123. The number of carbonyl (C=O) groups excluding carboxylic acids is 2. The number of ketones is 1. The summed E-state index contributed by atoms with van der Waals surface area (Å²) in [6, 6.07) is 13.6. The van der Waals surface area contributed by atoms with E-state index in [9.17, 15) is 22.8 Å². The first kappa shape index (κ1) is 22.6. The number of amides is 1. The molecule has 0 saturated carbocycles. The molecule has 0 aliphatic heterocycles. The lowest BCUT2D eigenvalue weighted by atomic mass is 10.0. The average Bonchev–Trinajstić information content (AvgIpc) is 3.06. The van der Waals surface area contributed by atoms with Crippen LogP contribution in [0.3, 0.4) is 0 Å². The normalized spacial score (nSPS) is 12.9. The van der Waals surface area contributed by atoms with Crippen molar-refractivity contribution in [2.24, 2.45) is 0 Å². The van der Waals surface area contributed by atoms with Crippen molar-refractivity contribution >= 4 is 22.6 Å². The van der Waals surface area contributed by atoms with Gasteiger partial charge in [-0.25, -0.2) is 0 Å². The van der Waals surface area contributed by atoms with Crippen LogP contribution in [0, 0.1) is 6.92 Å². The van der Waals surface area contributed by atoms with E-state index in [4.69, 9.17) is 0 Å². The molecule has 5 nitrogen and oxygen atoms in total. The van der Waals surface area contributed by atoms with Gasteiger partial charge in [0.15, 0.2) is 5.78 Å². The fraction of sp³-hybridized carbons (Fsp3) is 0.304. The Hall–Kier alpha value is -3.13. The molecule has 3 rings (SSSR count). The molecule has 0 saturated heterocycles. The summed E-state index contributed by atoms with van der Waals surface area (Å²) in [5.74, 6) is -0.781. The number of nitrogens with zero attached hydrogens (tertiary/aromatic N) is 1. The van der Waals surface area contributed by atoms with Crippen LogP contribution in [0.4, 0.5) is 13.2 Å². The molecule has 3 aromatic rings. The predicted octanol–water partition coefficient (Wildman–Crippen LogP) is 4.47. The van der Waals surface area contributed by atoms with Crippen LogP contribution < -0.4 is 5.32 Å².